The average molecular weight is 294 g/mol. The van der Waals surface area contributed by atoms with E-state index in [1.54, 1.807) is 0 Å². The summed E-state index contributed by atoms with van der Waals surface area (Å²) in [5.74, 6) is 0. The van der Waals surface area contributed by atoms with Crippen LogP contribution in [0.3, 0.4) is 0 Å². The van der Waals surface area contributed by atoms with E-state index in [0.717, 1.165) is 25.9 Å². The zero-order chi connectivity index (χ0) is 16.0. The SMILES string of the molecule is CCC(C)n1ccc(CC(NC)C(C)(C)N(CC)CC)n1. The van der Waals surface area contributed by atoms with Gasteiger partial charge < -0.3 is 5.32 Å². The first-order valence-corrected chi connectivity index (χ1v) is 8.36. The third-order valence-corrected chi connectivity index (χ3v) is 4.90. The number of nitrogens with zero attached hydrogens (tertiary/aromatic N) is 3. The second kappa shape index (κ2) is 7.95. The average Bonchev–Trinajstić information content (AvgIpc) is 2.93. The van der Waals surface area contributed by atoms with Gasteiger partial charge >= 0.3 is 0 Å². The molecule has 0 saturated carbocycles. The standard InChI is InChI=1S/C17H34N4/c1-8-14(4)21-12-11-15(19-21)13-16(18-7)17(5,6)20(9-2)10-3/h11-12,14,16,18H,8-10,13H2,1-7H3. The third kappa shape index (κ3) is 4.30. The van der Waals surface area contributed by atoms with Gasteiger partial charge in [0.2, 0.25) is 0 Å². The van der Waals surface area contributed by atoms with Crippen molar-refractivity contribution in [1.82, 2.24) is 20.0 Å². The van der Waals surface area contributed by atoms with E-state index in [9.17, 15) is 0 Å². The predicted octanol–water partition coefficient (Wildman–Crippen LogP) is 3.11. The monoisotopic (exact) mass is 294 g/mol. The maximum atomic E-state index is 4.75. The molecule has 1 N–H and O–H groups in total. The number of likely N-dealkylation sites (N-methyl/N-ethyl adjacent to an activating group) is 2. The molecule has 0 bridgehead atoms. The molecule has 0 amide bonds. The van der Waals surface area contributed by atoms with Crippen LogP contribution < -0.4 is 5.32 Å². The number of rotatable bonds is 9. The number of hydrogen-bond donors (Lipinski definition) is 1. The van der Waals surface area contributed by atoms with E-state index in [2.05, 4.69) is 75.8 Å². The Hall–Kier alpha value is -0.870. The summed E-state index contributed by atoms with van der Waals surface area (Å²) in [5, 5.41) is 8.25. The van der Waals surface area contributed by atoms with Crippen molar-refractivity contribution in [2.75, 3.05) is 20.1 Å². The largest absolute Gasteiger partial charge is 0.315 e. The molecule has 0 saturated heterocycles. The normalized spacial score (nSPS) is 15.4. The fraction of sp³-hybridized carbons (Fsp3) is 0.824. The molecule has 0 aliphatic rings. The first-order valence-electron chi connectivity index (χ1n) is 8.36. The zero-order valence-corrected chi connectivity index (χ0v) is 15.0. The fourth-order valence-corrected chi connectivity index (χ4v) is 3.09. The van der Waals surface area contributed by atoms with Gasteiger partial charge in [0.15, 0.2) is 0 Å². The van der Waals surface area contributed by atoms with E-state index in [0.29, 0.717) is 12.1 Å². The highest BCUT2D eigenvalue weighted by atomic mass is 15.3. The molecule has 0 fully saturated rings. The zero-order valence-electron chi connectivity index (χ0n) is 15.0. The summed E-state index contributed by atoms with van der Waals surface area (Å²) in [4.78, 5) is 2.51. The first-order chi connectivity index (χ1) is 9.90. The minimum absolute atomic E-state index is 0.110. The van der Waals surface area contributed by atoms with E-state index < -0.39 is 0 Å². The van der Waals surface area contributed by atoms with Crippen molar-refractivity contribution in [2.24, 2.45) is 0 Å². The van der Waals surface area contributed by atoms with Crippen LogP contribution in [0, 0.1) is 0 Å². The van der Waals surface area contributed by atoms with Gasteiger partial charge in [0.25, 0.3) is 0 Å². The molecule has 1 heterocycles. The minimum Gasteiger partial charge on any atom is -0.315 e. The van der Waals surface area contributed by atoms with Crippen molar-refractivity contribution in [3.63, 3.8) is 0 Å². The minimum atomic E-state index is 0.110. The molecule has 0 aliphatic heterocycles. The summed E-state index contributed by atoms with van der Waals surface area (Å²) in [7, 11) is 2.06. The molecule has 4 heteroatoms. The van der Waals surface area contributed by atoms with E-state index in [-0.39, 0.29) is 5.54 Å². The quantitative estimate of drug-likeness (QED) is 0.759. The van der Waals surface area contributed by atoms with Gasteiger partial charge in [-0.2, -0.15) is 5.10 Å². The van der Waals surface area contributed by atoms with Gasteiger partial charge in [0.05, 0.1) is 5.69 Å². The molecule has 1 rings (SSSR count). The molecule has 1 aromatic rings. The summed E-state index contributed by atoms with van der Waals surface area (Å²) < 4.78 is 2.09. The van der Waals surface area contributed by atoms with Crippen molar-refractivity contribution in [3.8, 4) is 0 Å². The molecule has 0 spiro atoms. The smallest absolute Gasteiger partial charge is 0.0640 e. The molecule has 2 unspecified atom stereocenters. The Morgan fingerprint density at radius 2 is 1.90 bits per heavy atom. The van der Waals surface area contributed by atoms with Gasteiger partial charge in [-0.3, -0.25) is 9.58 Å². The lowest BCUT2D eigenvalue weighted by Crippen LogP contribution is -2.57. The van der Waals surface area contributed by atoms with E-state index in [4.69, 9.17) is 5.10 Å². The molecule has 1 aromatic heterocycles. The van der Waals surface area contributed by atoms with Crippen LogP contribution in [0.5, 0.6) is 0 Å². The topological polar surface area (TPSA) is 33.1 Å². The Balaban J connectivity index is 2.84. The Kier molecular flexibility index (Phi) is 6.88. The molecule has 122 valence electrons. The number of aromatic nitrogens is 2. The molecular weight excluding hydrogens is 260 g/mol. The Morgan fingerprint density at radius 3 is 2.38 bits per heavy atom. The molecule has 4 nitrogen and oxygen atoms in total. The predicted molar refractivity (Wildman–Crippen MR) is 90.8 cm³/mol. The van der Waals surface area contributed by atoms with Gasteiger partial charge in [0.1, 0.15) is 0 Å². The lowest BCUT2D eigenvalue weighted by molar-refractivity contribution is 0.0939. The molecular formula is C17H34N4. The summed E-state index contributed by atoms with van der Waals surface area (Å²) in [6.45, 7) is 15.7. The van der Waals surface area contributed by atoms with Crippen LogP contribution in [0.2, 0.25) is 0 Å². The van der Waals surface area contributed by atoms with Crippen molar-refractivity contribution in [3.05, 3.63) is 18.0 Å². The van der Waals surface area contributed by atoms with Crippen LogP contribution >= 0.6 is 0 Å². The van der Waals surface area contributed by atoms with E-state index >= 15 is 0 Å². The van der Waals surface area contributed by atoms with Gasteiger partial charge in [0, 0.05) is 30.2 Å². The van der Waals surface area contributed by atoms with Crippen LogP contribution in [0.1, 0.15) is 59.7 Å². The van der Waals surface area contributed by atoms with Crippen LogP contribution in [0.15, 0.2) is 12.3 Å². The molecule has 21 heavy (non-hydrogen) atoms. The van der Waals surface area contributed by atoms with Gasteiger partial charge in [-0.1, -0.05) is 20.8 Å². The summed E-state index contributed by atoms with van der Waals surface area (Å²) in [6, 6.07) is 3.02. The highest BCUT2D eigenvalue weighted by molar-refractivity contribution is 5.06. The van der Waals surface area contributed by atoms with Gasteiger partial charge in [-0.05, 0) is 53.4 Å². The second-order valence-corrected chi connectivity index (χ2v) is 6.42. The highest BCUT2D eigenvalue weighted by Crippen LogP contribution is 2.22. The number of nitrogens with one attached hydrogen (secondary N) is 1. The van der Waals surface area contributed by atoms with Crippen molar-refractivity contribution >= 4 is 0 Å². The molecule has 2 atom stereocenters. The summed E-state index contributed by atoms with van der Waals surface area (Å²) in [6.07, 6.45) is 4.19. The fourth-order valence-electron chi connectivity index (χ4n) is 3.09. The van der Waals surface area contributed by atoms with Crippen LogP contribution in [-0.2, 0) is 6.42 Å². The van der Waals surface area contributed by atoms with Crippen molar-refractivity contribution in [1.29, 1.82) is 0 Å². The first kappa shape index (κ1) is 18.2. The van der Waals surface area contributed by atoms with Crippen LogP contribution in [0.25, 0.3) is 0 Å². The number of hydrogen-bond acceptors (Lipinski definition) is 3. The Bertz CT molecular complexity index is 407. The summed E-state index contributed by atoms with van der Waals surface area (Å²) >= 11 is 0. The van der Waals surface area contributed by atoms with Gasteiger partial charge in [-0.15, -0.1) is 0 Å². The molecule has 0 radical (unpaired) electrons. The van der Waals surface area contributed by atoms with E-state index in [1.165, 1.54) is 5.69 Å². The van der Waals surface area contributed by atoms with Crippen molar-refractivity contribution in [2.45, 2.75) is 72.0 Å². The maximum absolute atomic E-state index is 4.75. The Morgan fingerprint density at radius 1 is 1.29 bits per heavy atom. The van der Waals surface area contributed by atoms with Crippen LogP contribution in [0.4, 0.5) is 0 Å². The highest BCUT2D eigenvalue weighted by Gasteiger charge is 2.33. The van der Waals surface area contributed by atoms with Gasteiger partial charge in [-0.25, -0.2) is 0 Å². The van der Waals surface area contributed by atoms with Crippen molar-refractivity contribution < 1.29 is 0 Å². The second-order valence-electron chi connectivity index (χ2n) is 6.42. The molecule has 0 aromatic carbocycles. The maximum Gasteiger partial charge on any atom is 0.0640 e. The summed E-state index contributed by atoms with van der Waals surface area (Å²) in [5.41, 5.74) is 1.29. The van der Waals surface area contributed by atoms with E-state index in [1.807, 2.05) is 0 Å². The van der Waals surface area contributed by atoms with Crippen LogP contribution in [-0.4, -0.2) is 46.4 Å². The lowest BCUT2D eigenvalue weighted by Gasteiger charge is -2.43. The third-order valence-electron chi connectivity index (χ3n) is 4.90. The Labute approximate surface area is 130 Å². The molecule has 0 aliphatic carbocycles. The lowest BCUT2D eigenvalue weighted by atomic mass is 9.89.